The molecule has 0 fully saturated rings. The lowest BCUT2D eigenvalue weighted by Crippen LogP contribution is -2.32. The number of hydrogen-bond donors (Lipinski definition) is 2. The summed E-state index contributed by atoms with van der Waals surface area (Å²) in [5.41, 5.74) is 2.77. The average molecular weight is 359 g/mol. The number of anilines is 1. The molecule has 0 aromatic heterocycles. The lowest BCUT2D eigenvalue weighted by molar-refractivity contribution is 0.0914. The van der Waals surface area contributed by atoms with Crippen LogP contribution < -0.4 is 4.90 Å². The molecule has 0 unspecified atom stereocenters. The molecular weight excluding hydrogens is 342 g/mol. The number of nitrogens with zero attached hydrogens (tertiary/aromatic N) is 1. The summed E-state index contributed by atoms with van der Waals surface area (Å²) in [5.74, 6) is -1.12. The first-order chi connectivity index (χ1) is 13.0. The Bertz CT molecular complexity index is 1060. The van der Waals surface area contributed by atoms with Crippen LogP contribution in [-0.4, -0.2) is 21.9 Å². The highest BCUT2D eigenvalue weighted by atomic mass is 16.3. The van der Waals surface area contributed by atoms with Crippen LogP contribution in [0.15, 0.2) is 66.7 Å². The van der Waals surface area contributed by atoms with E-state index in [0.717, 1.165) is 11.6 Å². The molecular formula is C22H17NO4. The van der Waals surface area contributed by atoms with Crippen molar-refractivity contribution in [1.82, 2.24) is 0 Å². The van der Waals surface area contributed by atoms with Crippen LogP contribution in [-0.2, 0) is 0 Å². The molecule has 4 rings (SSSR count). The Balaban J connectivity index is 1.87. The van der Waals surface area contributed by atoms with Crippen molar-refractivity contribution < 1.29 is 19.8 Å². The van der Waals surface area contributed by atoms with Gasteiger partial charge in [0, 0.05) is 17.3 Å². The number of amides is 1. The normalized spacial score (nSPS) is 15.7. The van der Waals surface area contributed by atoms with Crippen LogP contribution in [0.2, 0.25) is 0 Å². The van der Waals surface area contributed by atoms with Crippen molar-refractivity contribution in [2.24, 2.45) is 0 Å². The highest BCUT2D eigenvalue weighted by Gasteiger charge is 2.42. The lowest BCUT2D eigenvalue weighted by atomic mass is 9.96. The summed E-state index contributed by atoms with van der Waals surface area (Å²) < 4.78 is 0. The minimum atomic E-state index is -0.883. The Morgan fingerprint density at radius 3 is 2.37 bits per heavy atom. The van der Waals surface area contributed by atoms with Gasteiger partial charge in [0.15, 0.2) is 5.78 Å². The van der Waals surface area contributed by atoms with Gasteiger partial charge >= 0.3 is 0 Å². The van der Waals surface area contributed by atoms with Gasteiger partial charge in [-0.25, -0.2) is 0 Å². The molecule has 1 aliphatic heterocycles. The van der Waals surface area contributed by atoms with E-state index in [9.17, 15) is 19.8 Å². The van der Waals surface area contributed by atoms with Gasteiger partial charge in [0.2, 0.25) is 0 Å². The second-order valence-electron chi connectivity index (χ2n) is 6.57. The molecule has 0 aliphatic carbocycles. The molecule has 1 heterocycles. The molecule has 0 bridgehead atoms. The topological polar surface area (TPSA) is 77.8 Å². The van der Waals surface area contributed by atoms with E-state index in [0.29, 0.717) is 16.8 Å². The number of hydrogen-bond acceptors (Lipinski definition) is 4. The number of aryl methyl sites for hydroxylation is 1. The third-order valence-corrected chi connectivity index (χ3v) is 4.77. The third-order valence-electron chi connectivity index (χ3n) is 4.77. The minimum Gasteiger partial charge on any atom is -0.508 e. The molecule has 5 nitrogen and oxygen atoms in total. The molecule has 0 radical (unpaired) electrons. The summed E-state index contributed by atoms with van der Waals surface area (Å²) >= 11 is 0. The summed E-state index contributed by atoms with van der Waals surface area (Å²) in [7, 11) is 0. The van der Waals surface area contributed by atoms with Gasteiger partial charge in [-0.2, -0.15) is 0 Å². The highest BCUT2D eigenvalue weighted by Crippen LogP contribution is 2.40. The summed E-state index contributed by atoms with van der Waals surface area (Å²) in [6.45, 7) is 1.95. The van der Waals surface area contributed by atoms with Crippen LogP contribution in [0, 0.1) is 6.92 Å². The molecule has 0 spiro atoms. The van der Waals surface area contributed by atoms with Crippen LogP contribution in [0.1, 0.15) is 37.9 Å². The largest absolute Gasteiger partial charge is 0.508 e. The Labute approximate surface area is 156 Å². The van der Waals surface area contributed by atoms with E-state index in [1.165, 1.54) is 17.0 Å². The standard InChI is InChI=1S/C22H17NO4/c1-13-6-8-14(9-7-13)23-20(16-4-2-3-5-17(16)22(23)27)21(26)18-11-10-15(24)12-19(18)25/h2-12,20,24-25H,1H3/t20-/m1/s1. The number of rotatable bonds is 3. The molecule has 5 heteroatoms. The molecule has 1 atom stereocenters. The number of fused-ring (bicyclic) bond motifs is 1. The van der Waals surface area contributed by atoms with Crippen molar-refractivity contribution in [3.05, 3.63) is 89.0 Å². The van der Waals surface area contributed by atoms with Gasteiger partial charge in [-0.1, -0.05) is 35.9 Å². The number of phenolic OH excluding ortho intramolecular Hbond substituents is 2. The summed E-state index contributed by atoms with van der Waals surface area (Å²) in [5, 5.41) is 19.6. The molecule has 27 heavy (non-hydrogen) atoms. The molecule has 3 aromatic carbocycles. The molecule has 134 valence electrons. The number of ketones is 1. The van der Waals surface area contributed by atoms with E-state index in [2.05, 4.69) is 0 Å². The second kappa shape index (κ2) is 6.29. The number of carbonyl (C=O) groups excluding carboxylic acids is 2. The predicted molar refractivity (Wildman–Crippen MR) is 101 cm³/mol. The van der Waals surface area contributed by atoms with Crippen molar-refractivity contribution >= 4 is 17.4 Å². The van der Waals surface area contributed by atoms with E-state index in [4.69, 9.17) is 0 Å². The van der Waals surface area contributed by atoms with Gasteiger partial charge in [0.1, 0.15) is 17.5 Å². The SMILES string of the molecule is Cc1ccc(N2C(=O)c3ccccc3[C@@H]2C(=O)c2ccc(O)cc2O)cc1. The first-order valence-electron chi connectivity index (χ1n) is 8.52. The summed E-state index contributed by atoms with van der Waals surface area (Å²) in [6, 6.07) is 17.3. The van der Waals surface area contributed by atoms with Crippen LogP contribution in [0.5, 0.6) is 11.5 Å². The minimum absolute atomic E-state index is 0.0550. The first kappa shape index (κ1) is 16.8. The fraction of sp³-hybridized carbons (Fsp3) is 0.0909. The first-order valence-corrected chi connectivity index (χ1v) is 8.52. The Hall–Kier alpha value is -3.60. The maximum atomic E-state index is 13.3. The number of aromatic hydroxyl groups is 2. The average Bonchev–Trinajstić information content (AvgIpc) is 2.95. The fourth-order valence-corrected chi connectivity index (χ4v) is 3.42. The number of phenols is 2. The van der Waals surface area contributed by atoms with Crippen molar-refractivity contribution in [3.63, 3.8) is 0 Å². The van der Waals surface area contributed by atoms with Crippen molar-refractivity contribution in [1.29, 1.82) is 0 Å². The van der Waals surface area contributed by atoms with Crippen LogP contribution >= 0.6 is 0 Å². The monoisotopic (exact) mass is 359 g/mol. The van der Waals surface area contributed by atoms with Crippen molar-refractivity contribution in [2.75, 3.05) is 4.90 Å². The number of benzene rings is 3. The lowest BCUT2D eigenvalue weighted by Gasteiger charge is -2.25. The Morgan fingerprint density at radius 2 is 1.67 bits per heavy atom. The van der Waals surface area contributed by atoms with E-state index in [1.807, 2.05) is 19.1 Å². The van der Waals surface area contributed by atoms with Gasteiger partial charge in [0.25, 0.3) is 5.91 Å². The highest BCUT2D eigenvalue weighted by molar-refractivity contribution is 6.19. The molecule has 3 aromatic rings. The Kier molecular flexibility index (Phi) is 3.92. The summed E-state index contributed by atoms with van der Waals surface area (Å²) in [6.07, 6.45) is 0. The molecule has 1 amide bonds. The smallest absolute Gasteiger partial charge is 0.259 e. The van der Waals surface area contributed by atoms with Gasteiger partial charge in [-0.05, 0) is 42.8 Å². The van der Waals surface area contributed by atoms with Crippen LogP contribution in [0.4, 0.5) is 5.69 Å². The predicted octanol–water partition coefficient (Wildman–Crippen LogP) is 3.99. The van der Waals surface area contributed by atoms with Crippen molar-refractivity contribution in [3.8, 4) is 11.5 Å². The molecule has 1 aliphatic rings. The summed E-state index contributed by atoms with van der Waals surface area (Å²) in [4.78, 5) is 27.8. The van der Waals surface area contributed by atoms with E-state index < -0.39 is 11.8 Å². The fourth-order valence-electron chi connectivity index (χ4n) is 3.42. The quantitative estimate of drug-likeness (QED) is 0.693. The van der Waals surface area contributed by atoms with Gasteiger partial charge in [-0.15, -0.1) is 0 Å². The van der Waals surface area contributed by atoms with E-state index in [-0.39, 0.29) is 23.0 Å². The molecule has 0 saturated carbocycles. The van der Waals surface area contributed by atoms with E-state index in [1.54, 1.807) is 36.4 Å². The van der Waals surface area contributed by atoms with Gasteiger partial charge < -0.3 is 10.2 Å². The number of Topliss-reactive ketones (excluding diaryl/α,β-unsaturated/α-hetero) is 1. The number of carbonyl (C=O) groups is 2. The zero-order valence-electron chi connectivity index (χ0n) is 14.6. The van der Waals surface area contributed by atoms with Crippen molar-refractivity contribution in [2.45, 2.75) is 13.0 Å². The third kappa shape index (κ3) is 2.73. The van der Waals surface area contributed by atoms with Gasteiger partial charge in [-0.3, -0.25) is 14.5 Å². The maximum Gasteiger partial charge on any atom is 0.259 e. The van der Waals surface area contributed by atoms with Crippen LogP contribution in [0.3, 0.4) is 0 Å². The second-order valence-corrected chi connectivity index (χ2v) is 6.57. The van der Waals surface area contributed by atoms with Crippen LogP contribution in [0.25, 0.3) is 0 Å². The Morgan fingerprint density at radius 1 is 0.963 bits per heavy atom. The maximum absolute atomic E-state index is 13.3. The molecule has 2 N–H and O–H groups in total. The zero-order chi connectivity index (χ0) is 19.1. The van der Waals surface area contributed by atoms with Gasteiger partial charge in [0.05, 0.1) is 5.56 Å². The molecule has 0 saturated heterocycles. The van der Waals surface area contributed by atoms with E-state index >= 15 is 0 Å². The zero-order valence-corrected chi connectivity index (χ0v) is 14.6.